The van der Waals surface area contributed by atoms with Crippen LogP contribution in [0, 0.1) is 21.4 Å². The Morgan fingerprint density at radius 1 is 1.25 bits per heavy atom. The summed E-state index contributed by atoms with van der Waals surface area (Å²) in [6.07, 6.45) is 3.85. The molecule has 0 spiro atoms. The second kappa shape index (κ2) is 6.39. The van der Waals surface area contributed by atoms with Crippen LogP contribution in [0.1, 0.15) is 18.1 Å². The molecule has 5 nitrogen and oxygen atoms in total. The van der Waals surface area contributed by atoms with Gasteiger partial charge in [0.25, 0.3) is 5.69 Å². The van der Waals surface area contributed by atoms with Crippen molar-refractivity contribution in [3.8, 4) is 6.07 Å². The first-order valence-corrected chi connectivity index (χ1v) is 7.58. The number of allylic oxidation sites excluding steroid dienone is 1. The smallest absolute Gasteiger partial charge is 0.269 e. The largest absolute Gasteiger partial charge is 0.347 e. The Morgan fingerprint density at radius 2 is 1.96 bits per heavy atom. The maximum absolute atomic E-state index is 10.7. The Hall–Kier alpha value is -3.39. The lowest BCUT2D eigenvalue weighted by Gasteiger charge is -1.99. The third-order valence-corrected chi connectivity index (χ3v) is 3.97. The summed E-state index contributed by atoms with van der Waals surface area (Å²) in [6.45, 7) is 2.91. The first kappa shape index (κ1) is 15.5. The van der Waals surface area contributed by atoms with Crippen LogP contribution in [0.25, 0.3) is 22.6 Å². The minimum absolute atomic E-state index is 0.0126. The van der Waals surface area contributed by atoms with Crippen LogP contribution in [0.4, 0.5) is 5.69 Å². The molecule has 24 heavy (non-hydrogen) atoms. The normalized spacial score (nSPS) is 11.4. The van der Waals surface area contributed by atoms with Crippen LogP contribution >= 0.6 is 0 Å². The number of benzene rings is 2. The number of aryl methyl sites for hydroxylation is 1. The summed E-state index contributed by atoms with van der Waals surface area (Å²) >= 11 is 0. The summed E-state index contributed by atoms with van der Waals surface area (Å²) in [7, 11) is 0. The second-order valence-electron chi connectivity index (χ2n) is 5.36. The fourth-order valence-corrected chi connectivity index (χ4v) is 2.75. The Morgan fingerprint density at radius 3 is 2.58 bits per heavy atom. The highest BCUT2D eigenvalue weighted by molar-refractivity contribution is 5.98. The first-order valence-electron chi connectivity index (χ1n) is 7.58. The molecule has 0 radical (unpaired) electrons. The zero-order valence-corrected chi connectivity index (χ0v) is 13.1. The molecule has 0 atom stereocenters. The Kier molecular flexibility index (Phi) is 4.13. The van der Waals surface area contributed by atoms with E-state index in [1.807, 2.05) is 36.5 Å². The number of non-ortho nitro benzene ring substituents is 1. The predicted octanol–water partition coefficient (Wildman–Crippen LogP) is 4.63. The number of para-hydroxylation sites is 1. The van der Waals surface area contributed by atoms with E-state index in [2.05, 4.69) is 17.6 Å². The van der Waals surface area contributed by atoms with Crippen molar-refractivity contribution >= 4 is 28.2 Å². The molecule has 0 bridgehead atoms. The van der Waals surface area contributed by atoms with Gasteiger partial charge in [-0.05, 0) is 36.8 Å². The Bertz CT molecular complexity index is 976. The molecule has 0 aliphatic rings. The fraction of sp³-hybridized carbons (Fsp3) is 0.105. The van der Waals surface area contributed by atoms with Gasteiger partial charge in [0.2, 0.25) is 0 Å². The van der Waals surface area contributed by atoms with Crippen LogP contribution in [0.3, 0.4) is 0 Å². The average Bonchev–Trinajstić information content (AvgIpc) is 2.97. The van der Waals surface area contributed by atoms with Crippen LogP contribution in [0.2, 0.25) is 0 Å². The van der Waals surface area contributed by atoms with E-state index in [0.717, 1.165) is 23.0 Å². The van der Waals surface area contributed by atoms with Crippen LogP contribution < -0.4 is 0 Å². The fourth-order valence-electron chi connectivity index (χ4n) is 2.75. The average molecular weight is 317 g/mol. The Labute approximate surface area is 139 Å². The second-order valence-corrected chi connectivity index (χ2v) is 5.36. The molecule has 1 heterocycles. The number of nitro groups is 1. The molecule has 0 saturated carbocycles. The van der Waals surface area contributed by atoms with Gasteiger partial charge in [0.05, 0.1) is 16.6 Å². The highest BCUT2D eigenvalue weighted by Gasteiger charge is 2.09. The van der Waals surface area contributed by atoms with Crippen LogP contribution in [0.5, 0.6) is 0 Å². The summed E-state index contributed by atoms with van der Waals surface area (Å²) in [5, 5.41) is 21.3. The number of aromatic nitrogens is 1. The topological polar surface area (TPSA) is 71.9 Å². The number of nitro benzene ring substituents is 1. The molecule has 0 aliphatic carbocycles. The highest BCUT2D eigenvalue weighted by Crippen LogP contribution is 2.26. The molecule has 0 N–H and O–H groups in total. The third kappa shape index (κ3) is 2.77. The number of fused-ring (bicyclic) bond motifs is 1. The summed E-state index contributed by atoms with van der Waals surface area (Å²) in [4.78, 5) is 10.3. The summed E-state index contributed by atoms with van der Waals surface area (Å²) in [5.41, 5.74) is 3.23. The lowest BCUT2D eigenvalue weighted by molar-refractivity contribution is -0.384. The van der Waals surface area contributed by atoms with Crippen molar-refractivity contribution in [3.63, 3.8) is 0 Å². The molecular formula is C19H15N3O2. The van der Waals surface area contributed by atoms with Gasteiger partial charge in [0.1, 0.15) is 0 Å². The summed E-state index contributed by atoms with van der Waals surface area (Å²) < 4.78 is 2.13. The molecular weight excluding hydrogens is 302 g/mol. The van der Waals surface area contributed by atoms with Gasteiger partial charge in [-0.15, -0.1) is 0 Å². The summed E-state index contributed by atoms with van der Waals surface area (Å²) in [6, 6.07) is 16.3. The van der Waals surface area contributed by atoms with E-state index in [1.165, 1.54) is 12.1 Å². The van der Waals surface area contributed by atoms with E-state index in [-0.39, 0.29) is 5.69 Å². The van der Waals surface area contributed by atoms with Crippen LogP contribution in [-0.4, -0.2) is 9.49 Å². The van der Waals surface area contributed by atoms with Crippen molar-refractivity contribution in [1.29, 1.82) is 5.26 Å². The highest BCUT2D eigenvalue weighted by atomic mass is 16.6. The molecule has 5 heteroatoms. The maximum Gasteiger partial charge on any atom is 0.269 e. The quantitative estimate of drug-likeness (QED) is 0.400. The number of hydrogen-bond acceptors (Lipinski definition) is 3. The lowest BCUT2D eigenvalue weighted by Crippen LogP contribution is -1.89. The maximum atomic E-state index is 10.7. The van der Waals surface area contributed by atoms with Gasteiger partial charge in [-0.2, -0.15) is 5.26 Å². The molecule has 3 rings (SSSR count). The van der Waals surface area contributed by atoms with E-state index in [1.54, 1.807) is 12.1 Å². The SMILES string of the molecule is CCn1cc(/C=C(/C#N)c2ccc([N+](=O)[O-])cc2)c2ccccc21. The molecule has 2 aromatic carbocycles. The first-order chi connectivity index (χ1) is 11.6. The molecule has 0 amide bonds. The summed E-state index contributed by atoms with van der Waals surface area (Å²) in [5.74, 6) is 0. The zero-order valence-electron chi connectivity index (χ0n) is 13.1. The van der Waals surface area contributed by atoms with Crippen molar-refractivity contribution in [1.82, 2.24) is 4.57 Å². The molecule has 118 valence electrons. The van der Waals surface area contributed by atoms with Crippen molar-refractivity contribution in [3.05, 3.63) is 76.0 Å². The molecule has 0 unspecified atom stereocenters. The van der Waals surface area contributed by atoms with Gasteiger partial charge in [0, 0.05) is 41.3 Å². The molecule has 0 aliphatic heterocycles. The van der Waals surface area contributed by atoms with Crippen molar-refractivity contribution < 1.29 is 4.92 Å². The monoisotopic (exact) mass is 317 g/mol. The molecule has 1 aromatic heterocycles. The number of rotatable bonds is 4. The minimum Gasteiger partial charge on any atom is -0.347 e. The van der Waals surface area contributed by atoms with Crippen LogP contribution in [0.15, 0.2) is 54.7 Å². The van der Waals surface area contributed by atoms with Gasteiger partial charge in [0.15, 0.2) is 0 Å². The van der Waals surface area contributed by atoms with Gasteiger partial charge in [-0.1, -0.05) is 18.2 Å². The van der Waals surface area contributed by atoms with E-state index in [9.17, 15) is 15.4 Å². The molecule has 0 saturated heterocycles. The minimum atomic E-state index is -0.450. The van der Waals surface area contributed by atoms with Crippen molar-refractivity contribution in [2.45, 2.75) is 13.5 Å². The predicted molar refractivity (Wildman–Crippen MR) is 94.2 cm³/mol. The standard InChI is InChI=1S/C19H15N3O2/c1-2-21-13-16(18-5-3-4-6-19(18)21)11-15(12-20)14-7-9-17(10-8-14)22(23)24/h3-11,13H,2H2,1H3/b15-11-. The van der Waals surface area contributed by atoms with E-state index < -0.39 is 4.92 Å². The van der Waals surface area contributed by atoms with E-state index in [4.69, 9.17) is 0 Å². The molecule has 3 aromatic rings. The van der Waals surface area contributed by atoms with Gasteiger partial charge in [-0.25, -0.2) is 0 Å². The van der Waals surface area contributed by atoms with Crippen molar-refractivity contribution in [2.75, 3.05) is 0 Å². The number of nitrogens with zero attached hydrogens (tertiary/aromatic N) is 3. The van der Waals surface area contributed by atoms with Gasteiger partial charge in [-0.3, -0.25) is 10.1 Å². The zero-order chi connectivity index (χ0) is 17.1. The number of nitriles is 1. The van der Waals surface area contributed by atoms with E-state index in [0.29, 0.717) is 11.1 Å². The van der Waals surface area contributed by atoms with Gasteiger partial charge < -0.3 is 4.57 Å². The van der Waals surface area contributed by atoms with Gasteiger partial charge >= 0.3 is 0 Å². The number of hydrogen-bond donors (Lipinski definition) is 0. The van der Waals surface area contributed by atoms with Crippen LogP contribution in [-0.2, 0) is 6.54 Å². The third-order valence-electron chi connectivity index (χ3n) is 3.97. The molecule has 0 fully saturated rings. The van der Waals surface area contributed by atoms with E-state index >= 15 is 0 Å². The Balaban J connectivity index is 2.08. The lowest BCUT2D eigenvalue weighted by atomic mass is 10.0. The van der Waals surface area contributed by atoms with Crippen molar-refractivity contribution in [2.24, 2.45) is 0 Å².